The maximum Gasteiger partial charge on any atom is 0.323 e. The minimum atomic E-state index is -0.0922. The molecule has 6 nitrogen and oxygen atoms in total. The lowest BCUT2D eigenvalue weighted by molar-refractivity contribution is -0.130. The molecule has 0 aliphatic carbocycles. The number of rotatable bonds is 5. The molecule has 3 heterocycles. The third kappa shape index (κ3) is 4.88. The Labute approximate surface area is 157 Å². The highest BCUT2D eigenvalue weighted by atomic mass is 32.2. The van der Waals surface area contributed by atoms with E-state index in [0.717, 1.165) is 43.9 Å². The molecule has 0 bridgehead atoms. The first-order valence-corrected chi connectivity index (χ1v) is 11.0. The van der Waals surface area contributed by atoms with Gasteiger partial charge >= 0.3 is 6.03 Å². The molecule has 1 atom stereocenters. The first-order valence-electron chi connectivity index (χ1n) is 9.06. The molecular formula is C17H26N4O2S2. The molecule has 3 amide bonds. The van der Waals surface area contributed by atoms with Crippen LogP contribution in [0.15, 0.2) is 5.38 Å². The maximum absolute atomic E-state index is 12.7. The highest BCUT2D eigenvalue weighted by molar-refractivity contribution is 7.99. The van der Waals surface area contributed by atoms with Gasteiger partial charge in [0.2, 0.25) is 5.91 Å². The van der Waals surface area contributed by atoms with Crippen LogP contribution in [0.25, 0.3) is 0 Å². The zero-order chi connectivity index (χ0) is 17.6. The number of aromatic nitrogens is 1. The molecule has 2 aliphatic rings. The van der Waals surface area contributed by atoms with Crippen LogP contribution in [0.5, 0.6) is 0 Å². The second-order valence-corrected chi connectivity index (χ2v) is 8.86. The molecule has 25 heavy (non-hydrogen) atoms. The summed E-state index contributed by atoms with van der Waals surface area (Å²) >= 11 is 3.40. The van der Waals surface area contributed by atoms with Gasteiger partial charge in [-0.2, -0.15) is 11.8 Å². The molecule has 1 N–H and O–H groups in total. The first kappa shape index (κ1) is 18.5. The SMILES string of the molecule is CCSC1CCCCN(C(=O)Cc2csc(N3CCCNC3=O)n2)C1. The summed E-state index contributed by atoms with van der Waals surface area (Å²) < 4.78 is 0. The lowest BCUT2D eigenvalue weighted by atomic mass is 10.2. The van der Waals surface area contributed by atoms with Crippen molar-refractivity contribution in [3.8, 4) is 0 Å². The van der Waals surface area contributed by atoms with Crippen molar-refractivity contribution < 1.29 is 9.59 Å². The number of amides is 3. The molecule has 0 spiro atoms. The molecule has 1 aromatic rings. The van der Waals surface area contributed by atoms with E-state index in [-0.39, 0.29) is 11.9 Å². The van der Waals surface area contributed by atoms with Gasteiger partial charge in [-0.15, -0.1) is 11.3 Å². The summed E-state index contributed by atoms with van der Waals surface area (Å²) in [7, 11) is 0. The van der Waals surface area contributed by atoms with E-state index < -0.39 is 0 Å². The largest absolute Gasteiger partial charge is 0.341 e. The van der Waals surface area contributed by atoms with E-state index in [1.54, 1.807) is 4.90 Å². The summed E-state index contributed by atoms with van der Waals surface area (Å²) in [5.41, 5.74) is 0.771. The second-order valence-electron chi connectivity index (χ2n) is 6.45. The zero-order valence-corrected chi connectivity index (χ0v) is 16.3. The Morgan fingerprint density at radius 3 is 3.08 bits per heavy atom. The van der Waals surface area contributed by atoms with Gasteiger partial charge in [0, 0.05) is 36.8 Å². The van der Waals surface area contributed by atoms with E-state index in [9.17, 15) is 9.59 Å². The van der Waals surface area contributed by atoms with Gasteiger partial charge in [-0.3, -0.25) is 9.69 Å². The molecule has 1 unspecified atom stereocenters. The number of carbonyl (C=O) groups excluding carboxylic acids is 2. The van der Waals surface area contributed by atoms with Crippen molar-refractivity contribution in [3.63, 3.8) is 0 Å². The number of likely N-dealkylation sites (tertiary alicyclic amines) is 1. The van der Waals surface area contributed by atoms with Crippen LogP contribution in [-0.2, 0) is 11.2 Å². The molecule has 1 aromatic heterocycles. The fraction of sp³-hybridized carbons (Fsp3) is 0.706. The van der Waals surface area contributed by atoms with E-state index >= 15 is 0 Å². The Bertz CT molecular complexity index is 607. The quantitative estimate of drug-likeness (QED) is 0.850. The standard InChI is InChI=1S/C17H26N4O2S2/c1-2-24-14-6-3-4-8-20(11-14)15(22)10-13-12-25-17(19-13)21-9-5-7-18-16(21)23/h12,14H,2-11H2,1H3,(H,18,23). The number of hydrogen-bond donors (Lipinski definition) is 1. The monoisotopic (exact) mass is 382 g/mol. The minimum Gasteiger partial charge on any atom is -0.341 e. The predicted octanol–water partition coefficient (Wildman–Crippen LogP) is 2.74. The fourth-order valence-corrected chi connectivity index (χ4v) is 5.22. The van der Waals surface area contributed by atoms with Gasteiger partial charge in [0.05, 0.1) is 12.1 Å². The van der Waals surface area contributed by atoms with Crippen LogP contribution in [0.4, 0.5) is 9.93 Å². The third-order valence-electron chi connectivity index (χ3n) is 4.57. The predicted molar refractivity (Wildman–Crippen MR) is 104 cm³/mol. The fourth-order valence-electron chi connectivity index (χ4n) is 3.28. The topological polar surface area (TPSA) is 65.5 Å². The highest BCUT2D eigenvalue weighted by Gasteiger charge is 2.25. The molecule has 2 saturated heterocycles. The number of hydrogen-bond acceptors (Lipinski definition) is 5. The molecule has 0 saturated carbocycles. The Hall–Kier alpha value is -1.28. The van der Waals surface area contributed by atoms with Crippen molar-refractivity contribution >= 4 is 40.2 Å². The van der Waals surface area contributed by atoms with Crippen molar-refractivity contribution in [2.24, 2.45) is 0 Å². The van der Waals surface area contributed by atoms with E-state index in [2.05, 4.69) is 17.2 Å². The molecular weight excluding hydrogens is 356 g/mol. The Kier molecular flexibility index (Phi) is 6.58. The molecule has 0 aromatic carbocycles. The lowest BCUT2D eigenvalue weighted by Gasteiger charge is -2.25. The third-order valence-corrected chi connectivity index (χ3v) is 6.67. The average Bonchev–Trinajstić information content (AvgIpc) is 2.92. The number of anilines is 1. The smallest absolute Gasteiger partial charge is 0.323 e. The summed E-state index contributed by atoms with van der Waals surface area (Å²) in [5, 5.41) is 5.99. The van der Waals surface area contributed by atoms with Crippen LogP contribution in [-0.4, -0.2) is 59.0 Å². The lowest BCUT2D eigenvalue weighted by Crippen LogP contribution is -2.46. The number of urea groups is 1. The van der Waals surface area contributed by atoms with Gasteiger partial charge in [-0.25, -0.2) is 9.78 Å². The molecule has 2 aliphatic heterocycles. The van der Waals surface area contributed by atoms with E-state index in [4.69, 9.17) is 0 Å². The Morgan fingerprint density at radius 2 is 2.28 bits per heavy atom. The molecule has 138 valence electrons. The van der Waals surface area contributed by atoms with Gasteiger partial charge in [0.15, 0.2) is 5.13 Å². The zero-order valence-electron chi connectivity index (χ0n) is 14.7. The number of thioether (sulfide) groups is 1. The van der Waals surface area contributed by atoms with E-state index in [1.165, 1.54) is 24.2 Å². The van der Waals surface area contributed by atoms with Crippen molar-refractivity contribution in [3.05, 3.63) is 11.1 Å². The number of nitrogens with one attached hydrogen (secondary N) is 1. The van der Waals surface area contributed by atoms with Crippen LogP contribution in [0.1, 0.15) is 38.3 Å². The minimum absolute atomic E-state index is 0.0922. The first-order chi connectivity index (χ1) is 12.2. The maximum atomic E-state index is 12.7. The van der Waals surface area contributed by atoms with E-state index in [0.29, 0.717) is 23.3 Å². The van der Waals surface area contributed by atoms with Gasteiger partial charge in [-0.1, -0.05) is 13.3 Å². The van der Waals surface area contributed by atoms with Crippen LogP contribution < -0.4 is 10.2 Å². The summed E-state index contributed by atoms with van der Waals surface area (Å²) in [5.74, 6) is 1.25. The van der Waals surface area contributed by atoms with Crippen LogP contribution >= 0.6 is 23.1 Å². The second kappa shape index (κ2) is 8.89. The van der Waals surface area contributed by atoms with E-state index in [1.807, 2.05) is 22.0 Å². The summed E-state index contributed by atoms with van der Waals surface area (Å²) in [6.45, 7) is 5.29. The van der Waals surface area contributed by atoms with Crippen LogP contribution in [0.2, 0.25) is 0 Å². The van der Waals surface area contributed by atoms with Crippen molar-refractivity contribution in [1.82, 2.24) is 15.2 Å². The van der Waals surface area contributed by atoms with Gasteiger partial charge in [0.25, 0.3) is 0 Å². The highest BCUT2D eigenvalue weighted by Crippen LogP contribution is 2.25. The van der Waals surface area contributed by atoms with Crippen molar-refractivity contribution in [1.29, 1.82) is 0 Å². The summed E-state index contributed by atoms with van der Waals surface area (Å²) in [4.78, 5) is 32.8. The average molecular weight is 383 g/mol. The van der Waals surface area contributed by atoms with Crippen molar-refractivity contribution in [2.75, 3.05) is 36.8 Å². The van der Waals surface area contributed by atoms with Crippen LogP contribution in [0.3, 0.4) is 0 Å². The molecule has 3 rings (SSSR count). The van der Waals surface area contributed by atoms with Gasteiger partial charge in [0.1, 0.15) is 0 Å². The Morgan fingerprint density at radius 1 is 1.40 bits per heavy atom. The Balaban J connectivity index is 1.60. The number of nitrogens with zero attached hydrogens (tertiary/aromatic N) is 3. The number of carbonyl (C=O) groups is 2. The molecule has 8 heteroatoms. The molecule has 0 radical (unpaired) electrons. The number of thiazole rings is 1. The van der Waals surface area contributed by atoms with Gasteiger partial charge < -0.3 is 10.2 Å². The van der Waals surface area contributed by atoms with Crippen molar-refractivity contribution in [2.45, 2.75) is 44.3 Å². The summed E-state index contributed by atoms with van der Waals surface area (Å²) in [6, 6.07) is -0.0922. The summed E-state index contributed by atoms with van der Waals surface area (Å²) in [6.07, 6.45) is 4.74. The molecule has 2 fully saturated rings. The van der Waals surface area contributed by atoms with Gasteiger partial charge in [-0.05, 0) is 25.0 Å². The van der Waals surface area contributed by atoms with Crippen LogP contribution in [0, 0.1) is 0 Å². The normalized spacial score (nSPS) is 21.8.